The van der Waals surface area contributed by atoms with Gasteiger partial charge in [-0.2, -0.15) is 0 Å². The minimum absolute atomic E-state index is 0.425. The van der Waals surface area contributed by atoms with E-state index in [0.717, 1.165) is 19.0 Å². The monoisotopic (exact) mass is 232 g/mol. The molecule has 0 amide bonds. The molecule has 2 heteroatoms. The van der Waals surface area contributed by atoms with Crippen LogP contribution >= 0.6 is 0 Å². The van der Waals surface area contributed by atoms with E-state index in [1.165, 1.54) is 30.5 Å². The van der Waals surface area contributed by atoms with E-state index in [0.29, 0.717) is 6.04 Å². The van der Waals surface area contributed by atoms with Crippen molar-refractivity contribution in [1.29, 1.82) is 0 Å². The van der Waals surface area contributed by atoms with Crippen LogP contribution in [0, 0.1) is 5.92 Å². The minimum atomic E-state index is 0.425. The second-order valence-corrected chi connectivity index (χ2v) is 5.21. The zero-order valence-corrected chi connectivity index (χ0v) is 11.0. The molecule has 0 bridgehead atoms. The van der Waals surface area contributed by atoms with E-state index in [-0.39, 0.29) is 0 Å². The molecule has 2 atom stereocenters. The number of nitrogens with two attached hydrogens (primary N) is 1. The Balaban J connectivity index is 2.17. The summed E-state index contributed by atoms with van der Waals surface area (Å²) in [5.41, 5.74) is 8.92. The van der Waals surface area contributed by atoms with Crippen LogP contribution in [0.3, 0.4) is 0 Å². The lowest BCUT2D eigenvalue weighted by molar-refractivity contribution is 0.163. The number of hydrogen-bond donors (Lipinski definition) is 1. The molecule has 1 aromatic carbocycles. The second kappa shape index (κ2) is 5.65. The highest BCUT2D eigenvalue weighted by Crippen LogP contribution is 2.29. The third kappa shape index (κ3) is 2.70. The molecule has 0 radical (unpaired) electrons. The van der Waals surface area contributed by atoms with Crippen LogP contribution in [0.15, 0.2) is 24.3 Å². The van der Waals surface area contributed by atoms with Crippen molar-refractivity contribution in [3.63, 3.8) is 0 Å². The quantitative estimate of drug-likeness (QED) is 0.864. The standard InChI is InChI=1S/C15H24N2/c1-3-12(2)11-17-9-8-13-6-4-5-7-14(13)15(17)10-16/h4-7,12,15H,3,8-11,16H2,1-2H3. The fourth-order valence-electron chi connectivity index (χ4n) is 2.73. The van der Waals surface area contributed by atoms with E-state index in [4.69, 9.17) is 5.73 Å². The highest BCUT2D eigenvalue weighted by molar-refractivity contribution is 5.32. The maximum absolute atomic E-state index is 5.98. The van der Waals surface area contributed by atoms with Gasteiger partial charge in [0, 0.05) is 25.7 Å². The van der Waals surface area contributed by atoms with Gasteiger partial charge in [-0.3, -0.25) is 4.90 Å². The molecule has 2 rings (SSSR count). The third-order valence-corrected chi connectivity index (χ3v) is 3.99. The molecule has 2 nitrogen and oxygen atoms in total. The van der Waals surface area contributed by atoms with Gasteiger partial charge in [-0.15, -0.1) is 0 Å². The molecule has 0 saturated carbocycles. The number of rotatable bonds is 4. The fraction of sp³-hybridized carbons (Fsp3) is 0.600. The van der Waals surface area contributed by atoms with Crippen molar-refractivity contribution in [3.8, 4) is 0 Å². The summed E-state index contributed by atoms with van der Waals surface area (Å²) in [6.45, 7) is 7.65. The third-order valence-electron chi connectivity index (χ3n) is 3.99. The zero-order chi connectivity index (χ0) is 12.3. The first-order chi connectivity index (χ1) is 8.26. The Labute approximate surface area is 105 Å². The molecule has 1 aliphatic rings. The predicted octanol–water partition coefficient (Wildman–Crippen LogP) is 2.59. The molecule has 0 spiro atoms. The number of nitrogens with zero attached hydrogens (tertiary/aromatic N) is 1. The molecule has 0 saturated heterocycles. The van der Waals surface area contributed by atoms with Crippen LogP contribution in [0.4, 0.5) is 0 Å². The largest absolute Gasteiger partial charge is 0.329 e. The summed E-state index contributed by atoms with van der Waals surface area (Å²) in [5.74, 6) is 0.759. The van der Waals surface area contributed by atoms with Crippen molar-refractivity contribution in [1.82, 2.24) is 4.90 Å². The number of fused-ring (bicyclic) bond motifs is 1. The van der Waals surface area contributed by atoms with Crippen molar-refractivity contribution in [2.75, 3.05) is 19.6 Å². The maximum atomic E-state index is 5.98. The second-order valence-electron chi connectivity index (χ2n) is 5.21. The molecule has 0 aromatic heterocycles. The Kier molecular flexibility index (Phi) is 4.19. The van der Waals surface area contributed by atoms with Crippen LogP contribution in [-0.2, 0) is 6.42 Å². The van der Waals surface area contributed by atoms with Gasteiger partial charge in [0.1, 0.15) is 0 Å². The Bertz CT molecular complexity index is 362. The summed E-state index contributed by atoms with van der Waals surface area (Å²) >= 11 is 0. The van der Waals surface area contributed by atoms with Crippen LogP contribution in [0.25, 0.3) is 0 Å². The van der Waals surface area contributed by atoms with E-state index < -0.39 is 0 Å². The van der Waals surface area contributed by atoms with E-state index in [2.05, 4.69) is 43.0 Å². The maximum Gasteiger partial charge on any atom is 0.0473 e. The van der Waals surface area contributed by atoms with E-state index >= 15 is 0 Å². The van der Waals surface area contributed by atoms with Crippen LogP contribution in [0.1, 0.15) is 37.4 Å². The molecule has 0 aliphatic carbocycles. The zero-order valence-electron chi connectivity index (χ0n) is 11.0. The predicted molar refractivity (Wildman–Crippen MR) is 73.0 cm³/mol. The Morgan fingerprint density at radius 1 is 1.41 bits per heavy atom. The van der Waals surface area contributed by atoms with Crippen molar-refractivity contribution < 1.29 is 0 Å². The minimum Gasteiger partial charge on any atom is -0.329 e. The van der Waals surface area contributed by atoms with Gasteiger partial charge in [-0.1, -0.05) is 44.5 Å². The molecule has 1 aromatic rings. The molecule has 17 heavy (non-hydrogen) atoms. The van der Waals surface area contributed by atoms with Crippen LogP contribution in [-0.4, -0.2) is 24.5 Å². The summed E-state index contributed by atoms with van der Waals surface area (Å²) in [7, 11) is 0. The Morgan fingerprint density at radius 3 is 2.88 bits per heavy atom. The molecule has 94 valence electrons. The van der Waals surface area contributed by atoms with E-state index in [9.17, 15) is 0 Å². The van der Waals surface area contributed by atoms with Gasteiger partial charge >= 0.3 is 0 Å². The lowest BCUT2D eigenvalue weighted by atomic mass is 9.91. The van der Waals surface area contributed by atoms with Gasteiger partial charge in [-0.25, -0.2) is 0 Å². The lowest BCUT2D eigenvalue weighted by Crippen LogP contribution is -2.41. The van der Waals surface area contributed by atoms with Gasteiger partial charge in [0.25, 0.3) is 0 Å². The highest BCUT2D eigenvalue weighted by atomic mass is 15.2. The van der Waals surface area contributed by atoms with Crippen molar-refractivity contribution in [2.24, 2.45) is 11.7 Å². The summed E-state index contributed by atoms with van der Waals surface area (Å²) < 4.78 is 0. The molecule has 1 heterocycles. The molecule has 1 aliphatic heterocycles. The molecule has 2 unspecified atom stereocenters. The topological polar surface area (TPSA) is 29.3 Å². The summed E-state index contributed by atoms with van der Waals surface area (Å²) in [5, 5.41) is 0. The van der Waals surface area contributed by atoms with Crippen LogP contribution < -0.4 is 5.73 Å². The van der Waals surface area contributed by atoms with Gasteiger partial charge in [0.2, 0.25) is 0 Å². The summed E-state index contributed by atoms with van der Waals surface area (Å²) in [4.78, 5) is 2.57. The van der Waals surface area contributed by atoms with Crippen molar-refractivity contribution >= 4 is 0 Å². The van der Waals surface area contributed by atoms with Gasteiger partial charge in [-0.05, 0) is 23.5 Å². The van der Waals surface area contributed by atoms with Crippen LogP contribution in [0.5, 0.6) is 0 Å². The number of benzene rings is 1. The average molecular weight is 232 g/mol. The number of hydrogen-bond acceptors (Lipinski definition) is 2. The molecule has 2 N–H and O–H groups in total. The summed E-state index contributed by atoms with van der Waals surface area (Å²) in [6, 6.07) is 9.19. The van der Waals surface area contributed by atoms with Gasteiger partial charge < -0.3 is 5.73 Å². The lowest BCUT2D eigenvalue weighted by Gasteiger charge is -2.38. The fourth-order valence-corrected chi connectivity index (χ4v) is 2.73. The first-order valence-electron chi connectivity index (χ1n) is 6.78. The Morgan fingerprint density at radius 2 is 2.18 bits per heavy atom. The van der Waals surface area contributed by atoms with E-state index in [1.54, 1.807) is 0 Å². The van der Waals surface area contributed by atoms with Gasteiger partial charge in [0.05, 0.1) is 0 Å². The van der Waals surface area contributed by atoms with Gasteiger partial charge in [0.15, 0.2) is 0 Å². The van der Waals surface area contributed by atoms with E-state index in [1.807, 2.05) is 0 Å². The average Bonchev–Trinajstić information content (AvgIpc) is 2.38. The molecular weight excluding hydrogens is 208 g/mol. The van der Waals surface area contributed by atoms with Crippen LogP contribution in [0.2, 0.25) is 0 Å². The Hall–Kier alpha value is -0.860. The van der Waals surface area contributed by atoms with Crippen molar-refractivity contribution in [2.45, 2.75) is 32.7 Å². The van der Waals surface area contributed by atoms with Crippen molar-refractivity contribution in [3.05, 3.63) is 35.4 Å². The molecule has 0 fully saturated rings. The molecular formula is C15H24N2. The smallest absolute Gasteiger partial charge is 0.0473 e. The SMILES string of the molecule is CCC(C)CN1CCc2ccccc2C1CN. The summed E-state index contributed by atoms with van der Waals surface area (Å²) in [6.07, 6.45) is 2.42. The first-order valence-corrected chi connectivity index (χ1v) is 6.78. The highest BCUT2D eigenvalue weighted by Gasteiger charge is 2.26. The normalized spacial score (nSPS) is 22.2. The first kappa shape index (κ1) is 12.6.